The number of nitrogens with zero attached hydrogens (tertiary/aromatic N) is 2. The highest BCUT2D eigenvalue weighted by Gasteiger charge is 2.17. The third kappa shape index (κ3) is 1.68. The lowest BCUT2D eigenvalue weighted by atomic mass is 10.4. The average molecular weight is 143 g/mol. The lowest BCUT2D eigenvalue weighted by Gasteiger charge is -2.38. The average Bonchev–Trinajstić information content (AvgIpc) is 1.88. The molecular weight excluding hydrogens is 126 g/mol. The SMILES string of the molecule is CCN1CCN(C)NC1C. The Bertz CT molecular complexity index is 105. The molecule has 1 saturated heterocycles. The van der Waals surface area contributed by atoms with E-state index in [1.807, 2.05) is 0 Å². The van der Waals surface area contributed by atoms with Gasteiger partial charge in [0.05, 0.1) is 6.17 Å². The smallest absolute Gasteiger partial charge is 0.0703 e. The number of hydrogen-bond acceptors (Lipinski definition) is 3. The third-order valence-electron chi connectivity index (χ3n) is 2.08. The van der Waals surface area contributed by atoms with Crippen molar-refractivity contribution in [3.63, 3.8) is 0 Å². The van der Waals surface area contributed by atoms with Crippen molar-refractivity contribution < 1.29 is 0 Å². The molecule has 1 heterocycles. The molecule has 0 aromatic heterocycles. The molecule has 1 unspecified atom stereocenters. The minimum Gasteiger partial charge on any atom is -0.286 e. The molecule has 0 amide bonds. The van der Waals surface area contributed by atoms with Gasteiger partial charge in [-0.05, 0) is 13.5 Å². The predicted molar refractivity (Wildman–Crippen MR) is 42.5 cm³/mol. The van der Waals surface area contributed by atoms with Gasteiger partial charge >= 0.3 is 0 Å². The van der Waals surface area contributed by atoms with E-state index in [1.54, 1.807) is 0 Å². The molecule has 3 nitrogen and oxygen atoms in total. The number of hydrazine groups is 1. The zero-order valence-electron chi connectivity index (χ0n) is 7.09. The minimum atomic E-state index is 0.503. The van der Waals surface area contributed by atoms with Crippen LogP contribution in [0.25, 0.3) is 0 Å². The van der Waals surface area contributed by atoms with Crippen LogP contribution in [-0.2, 0) is 0 Å². The standard InChI is InChI=1S/C7H17N3/c1-4-10-6-5-9(3)8-7(10)2/h7-8H,4-6H2,1-3H3. The van der Waals surface area contributed by atoms with Crippen LogP contribution in [0.5, 0.6) is 0 Å². The number of nitrogens with one attached hydrogen (secondary N) is 1. The third-order valence-corrected chi connectivity index (χ3v) is 2.08. The van der Waals surface area contributed by atoms with E-state index in [0.29, 0.717) is 6.17 Å². The van der Waals surface area contributed by atoms with E-state index in [9.17, 15) is 0 Å². The molecule has 1 aliphatic heterocycles. The van der Waals surface area contributed by atoms with Gasteiger partial charge in [-0.3, -0.25) is 4.90 Å². The highest BCUT2D eigenvalue weighted by Crippen LogP contribution is 2.00. The van der Waals surface area contributed by atoms with Crippen LogP contribution in [0.3, 0.4) is 0 Å². The molecular formula is C7H17N3. The number of hydrogen-bond donors (Lipinski definition) is 1. The Morgan fingerprint density at radius 2 is 2.20 bits per heavy atom. The van der Waals surface area contributed by atoms with Gasteiger partial charge in [-0.1, -0.05) is 6.92 Å². The van der Waals surface area contributed by atoms with Gasteiger partial charge in [0, 0.05) is 20.1 Å². The highest BCUT2D eigenvalue weighted by atomic mass is 15.6. The summed E-state index contributed by atoms with van der Waals surface area (Å²) in [6.07, 6.45) is 0.503. The first kappa shape index (κ1) is 7.98. The summed E-state index contributed by atoms with van der Waals surface area (Å²) in [7, 11) is 2.09. The van der Waals surface area contributed by atoms with Crippen LogP contribution >= 0.6 is 0 Å². The second kappa shape index (κ2) is 3.32. The molecule has 0 aliphatic carbocycles. The van der Waals surface area contributed by atoms with Gasteiger partial charge in [0.2, 0.25) is 0 Å². The second-order valence-corrected chi connectivity index (χ2v) is 2.86. The number of rotatable bonds is 1. The molecule has 0 aromatic rings. The van der Waals surface area contributed by atoms with E-state index in [2.05, 4.69) is 36.2 Å². The van der Waals surface area contributed by atoms with Crippen LogP contribution < -0.4 is 5.43 Å². The first-order valence-corrected chi connectivity index (χ1v) is 3.95. The molecule has 1 aliphatic rings. The summed E-state index contributed by atoms with van der Waals surface area (Å²) in [5.74, 6) is 0. The first-order chi connectivity index (χ1) is 4.74. The fraction of sp³-hybridized carbons (Fsp3) is 1.00. The molecule has 1 fully saturated rings. The molecule has 0 saturated carbocycles. The van der Waals surface area contributed by atoms with Gasteiger partial charge in [0.15, 0.2) is 0 Å². The van der Waals surface area contributed by atoms with Crippen molar-refractivity contribution in [3.05, 3.63) is 0 Å². The molecule has 0 spiro atoms. The van der Waals surface area contributed by atoms with Crippen molar-refractivity contribution in [2.45, 2.75) is 20.0 Å². The van der Waals surface area contributed by atoms with Gasteiger partial charge in [-0.25, -0.2) is 10.4 Å². The van der Waals surface area contributed by atoms with E-state index in [0.717, 1.165) is 13.1 Å². The maximum absolute atomic E-state index is 3.34. The quantitative estimate of drug-likeness (QED) is 0.562. The largest absolute Gasteiger partial charge is 0.286 e. The normalized spacial score (nSPS) is 30.9. The van der Waals surface area contributed by atoms with Crippen molar-refractivity contribution >= 4 is 0 Å². The summed E-state index contributed by atoms with van der Waals surface area (Å²) in [5, 5.41) is 2.15. The maximum Gasteiger partial charge on any atom is 0.0703 e. The van der Waals surface area contributed by atoms with Gasteiger partial charge in [0.25, 0.3) is 0 Å². The second-order valence-electron chi connectivity index (χ2n) is 2.86. The van der Waals surface area contributed by atoms with Crippen molar-refractivity contribution in [2.75, 3.05) is 26.7 Å². The van der Waals surface area contributed by atoms with Gasteiger partial charge in [0.1, 0.15) is 0 Å². The maximum atomic E-state index is 3.34. The van der Waals surface area contributed by atoms with E-state index in [4.69, 9.17) is 0 Å². The predicted octanol–water partition coefficient (Wildman–Crippen LogP) is 0.104. The summed E-state index contributed by atoms with van der Waals surface area (Å²) >= 11 is 0. The van der Waals surface area contributed by atoms with E-state index >= 15 is 0 Å². The summed E-state index contributed by atoms with van der Waals surface area (Å²) in [5.41, 5.74) is 3.34. The summed E-state index contributed by atoms with van der Waals surface area (Å²) < 4.78 is 0. The van der Waals surface area contributed by atoms with E-state index in [1.165, 1.54) is 6.54 Å². The molecule has 3 heteroatoms. The molecule has 10 heavy (non-hydrogen) atoms. The van der Waals surface area contributed by atoms with Crippen LogP contribution in [0.15, 0.2) is 0 Å². The van der Waals surface area contributed by atoms with Crippen LogP contribution in [0.2, 0.25) is 0 Å². The Morgan fingerprint density at radius 1 is 1.50 bits per heavy atom. The molecule has 1 N–H and O–H groups in total. The monoisotopic (exact) mass is 143 g/mol. The Balaban J connectivity index is 2.36. The van der Waals surface area contributed by atoms with Gasteiger partial charge in [-0.2, -0.15) is 0 Å². The van der Waals surface area contributed by atoms with Crippen molar-refractivity contribution in [1.29, 1.82) is 0 Å². The molecule has 1 atom stereocenters. The van der Waals surface area contributed by atoms with E-state index in [-0.39, 0.29) is 0 Å². The Kier molecular flexibility index (Phi) is 2.65. The zero-order chi connectivity index (χ0) is 7.56. The highest BCUT2D eigenvalue weighted by molar-refractivity contribution is 4.68. The van der Waals surface area contributed by atoms with Gasteiger partial charge < -0.3 is 0 Å². The summed E-state index contributed by atoms with van der Waals surface area (Å²) in [6, 6.07) is 0. The molecule has 1 rings (SSSR count). The van der Waals surface area contributed by atoms with Crippen molar-refractivity contribution in [3.8, 4) is 0 Å². The summed E-state index contributed by atoms with van der Waals surface area (Å²) in [4.78, 5) is 2.42. The van der Waals surface area contributed by atoms with Gasteiger partial charge in [-0.15, -0.1) is 0 Å². The van der Waals surface area contributed by atoms with E-state index < -0.39 is 0 Å². The Hall–Kier alpha value is -0.120. The van der Waals surface area contributed by atoms with Crippen molar-refractivity contribution in [2.24, 2.45) is 0 Å². The topological polar surface area (TPSA) is 18.5 Å². The Morgan fingerprint density at radius 3 is 2.70 bits per heavy atom. The van der Waals surface area contributed by atoms with Crippen molar-refractivity contribution in [1.82, 2.24) is 15.3 Å². The fourth-order valence-corrected chi connectivity index (χ4v) is 1.37. The number of likely N-dealkylation sites (N-methyl/N-ethyl adjacent to an activating group) is 2. The Labute approximate surface area is 63.0 Å². The van der Waals surface area contributed by atoms with Crippen LogP contribution in [0, 0.1) is 0 Å². The molecule has 0 aromatic carbocycles. The molecule has 0 radical (unpaired) electrons. The van der Waals surface area contributed by atoms with Crippen LogP contribution in [0.1, 0.15) is 13.8 Å². The van der Waals surface area contributed by atoms with Crippen LogP contribution in [-0.4, -0.2) is 42.8 Å². The fourth-order valence-electron chi connectivity index (χ4n) is 1.37. The molecule has 60 valence electrons. The minimum absolute atomic E-state index is 0.503. The lowest BCUT2D eigenvalue weighted by Crippen LogP contribution is -2.58. The molecule has 0 bridgehead atoms. The summed E-state index contributed by atoms with van der Waals surface area (Å²) in [6.45, 7) is 7.84. The van der Waals surface area contributed by atoms with Crippen LogP contribution in [0.4, 0.5) is 0 Å². The lowest BCUT2D eigenvalue weighted by molar-refractivity contribution is 0.0349. The first-order valence-electron chi connectivity index (χ1n) is 3.95. The zero-order valence-corrected chi connectivity index (χ0v) is 7.09.